The Bertz CT molecular complexity index is 1140. The van der Waals surface area contributed by atoms with Crippen LogP contribution in [0.15, 0.2) is 72.8 Å². The van der Waals surface area contributed by atoms with Gasteiger partial charge in [-0.05, 0) is 42.3 Å². The molecule has 1 aliphatic rings. The van der Waals surface area contributed by atoms with Crippen LogP contribution in [0.25, 0.3) is 11.0 Å². The molecule has 1 aliphatic heterocycles. The van der Waals surface area contributed by atoms with Gasteiger partial charge in [0.15, 0.2) is 11.5 Å². The van der Waals surface area contributed by atoms with Crippen LogP contribution in [-0.2, 0) is 6.42 Å². The van der Waals surface area contributed by atoms with E-state index in [0.717, 1.165) is 22.4 Å². The summed E-state index contributed by atoms with van der Waals surface area (Å²) in [4.78, 5) is 21.0. The van der Waals surface area contributed by atoms with Crippen molar-refractivity contribution in [3.05, 3.63) is 89.7 Å². The van der Waals surface area contributed by atoms with E-state index in [9.17, 15) is 4.79 Å². The Morgan fingerprint density at radius 3 is 2.66 bits per heavy atom. The lowest BCUT2D eigenvalue weighted by Crippen LogP contribution is -2.30. The third kappa shape index (κ3) is 3.52. The summed E-state index contributed by atoms with van der Waals surface area (Å²) in [6.45, 7) is 0.177. The summed E-state index contributed by atoms with van der Waals surface area (Å²) < 4.78 is 10.7. The molecule has 0 saturated carbocycles. The monoisotopic (exact) mass is 385 g/mol. The van der Waals surface area contributed by atoms with Gasteiger partial charge in [0.25, 0.3) is 5.91 Å². The molecule has 3 aromatic carbocycles. The number of benzene rings is 3. The van der Waals surface area contributed by atoms with Gasteiger partial charge in [-0.25, -0.2) is 4.98 Å². The van der Waals surface area contributed by atoms with E-state index < -0.39 is 0 Å². The quantitative estimate of drug-likeness (QED) is 0.544. The summed E-state index contributed by atoms with van der Waals surface area (Å²) in [6.07, 6.45) is 0.622. The van der Waals surface area contributed by atoms with Gasteiger partial charge in [0.2, 0.25) is 6.79 Å². The molecule has 1 atom stereocenters. The zero-order chi connectivity index (χ0) is 19.6. The van der Waals surface area contributed by atoms with Crippen molar-refractivity contribution in [3.63, 3.8) is 0 Å². The van der Waals surface area contributed by atoms with Gasteiger partial charge in [0, 0.05) is 5.56 Å². The molecule has 1 aromatic heterocycles. The SMILES string of the molecule is O=C(N[C@@H](Cc1ccccc1)c1nc2ccccc2[nH]1)c1ccc2c(c1)OCO2. The van der Waals surface area contributed by atoms with Crippen molar-refractivity contribution in [2.75, 3.05) is 6.79 Å². The zero-order valence-corrected chi connectivity index (χ0v) is 15.6. The summed E-state index contributed by atoms with van der Waals surface area (Å²) in [5.74, 6) is 1.77. The molecule has 0 unspecified atom stereocenters. The summed E-state index contributed by atoms with van der Waals surface area (Å²) >= 11 is 0. The number of nitrogens with one attached hydrogen (secondary N) is 2. The van der Waals surface area contributed by atoms with Crippen LogP contribution >= 0.6 is 0 Å². The summed E-state index contributed by atoms with van der Waals surface area (Å²) in [6, 6.07) is 22.8. The number of imidazole rings is 1. The lowest BCUT2D eigenvalue weighted by Gasteiger charge is -2.17. The highest BCUT2D eigenvalue weighted by Crippen LogP contribution is 2.32. The Labute approximate surface area is 167 Å². The number of fused-ring (bicyclic) bond motifs is 2. The minimum atomic E-state index is -0.303. The van der Waals surface area contributed by atoms with E-state index in [1.165, 1.54) is 0 Å². The summed E-state index contributed by atoms with van der Waals surface area (Å²) in [5, 5.41) is 3.12. The maximum absolute atomic E-state index is 13.0. The van der Waals surface area contributed by atoms with Crippen LogP contribution < -0.4 is 14.8 Å². The second-order valence-electron chi connectivity index (χ2n) is 6.92. The van der Waals surface area contributed by atoms with Crippen molar-refractivity contribution < 1.29 is 14.3 Å². The normalized spacial score (nSPS) is 13.4. The number of hydrogen-bond donors (Lipinski definition) is 2. The number of H-pyrrole nitrogens is 1. The summed E-state index contributed by atoms with van der Waals surface area (Å²) in [7, 11) is 0. The molecule has 6 nitrogen and oxygen atoms in total. The van der Waals surface area contributed by atoms with Crippen molar-refractivity contribution in [2.24, 2.45) is 0 Å². The molecule has 144 valence electrons. The van der Waals surface area contributed by atoms with Crippen LogP contribution in [0.3, 0.4) is 0 Å². The Morgan fingerprint density at radius 1 is 1.00 bits per heavy atom. The van der Waals surface area contributed by atoms with E-state index in [2.05, 4.69) is 10.3 Å². The molecule has 2 heterocycles. The molecule has 0 spiro atoms. The third-order valence-electron chi connectivity index (χ3n) is 4.96. The van der Waals surface area contributed by atoms with Gasteiger partial charge in [-0.3, -0.25) is 4.79 Å². The molecule has 0 saturated heterocycles. The Hall–Kier alpha value is -3.80. The van der Waals surface area contributed by atoms with Crippen molar-refractivity contribution in [3.8, 4) is 11.5 Å². The number of nitrogens with zero attached hydrogens (tertiary/aromatic N) is 1. The minimum Gasteiger partial charge on any atom is -0.454 e. The molecule has 4 aromatic rings. The van der Waals surface area contributed by atoms with Crippen LogP contribution in [0.5, 0.6) is 11.5 Å². The molecule has 0 fully saturated rings. The first-order valence-corrected chi connectivity index (χ1v) is 9.45. The fraction of sp³-hybridized carbons (Fsp3) is 0.130. The van der Waals surface area contributed by atoms with Crippen LogP contribution in [0.1, 0.15) is 27.8 Å². The summed E-state index contributed by atoms with van der Waals surface area (Å²) in [5.41, 5.74) is 3.45. The first-order valence-electron chi connectivity index (χ1n) is 9.45. The average Bonchev–Trinajstić information content (AvgIpc) is 3.40. The smallest absolute Gasteiger partial charge is 0.252 e. The van der Waals surface area contributed by atoms with Gasteiger partial charge < -0.3 is 19.8 Å². The molecule has 0 radical (unpaired) electrons. The molecule has 29 heavy (non-hydrogen) atoms. The molecule has 1 amide bonds. The zero-order valence-electron chi connectivity index (χ0n) is 15.6. The number of amides is 1. The number of hydrogen-bond acceptors (Lipinski definition) is 4. The third-order valence-corrected chi connectivity index (χ3v) is 4.96. The first-order chi connectivity index (χ1) is 14.3. The number of ether oxygens (including phenoxy) is 2. The Balaban J connectivity index is 1.45. The Morgan fingerprint density at radius 2 is 1.79 bits per heavy atom. The predicted molar refractivity (Wildman–Crippen MR) is 109 cm³/mol. The molecular formula is C23H19N3O3. The van der Waals surface area contributed by atoms with Crippen molar-refractivity contribution in [1.82, 2.24) is 15.3 Å². The fourth-order valence-corrected chi connectivity index (χ4v) is 3.48. The van der Waals surface area contributed by atoms with E-state index in [4.69, 9.17) is 14.5 Å². The molecule has 0 bridgehead atoms. The number of rotatable bonds is 5. The number of aromatic nitrogens is 2. The van der Waals surface area contributed by atoms with Crippen LogP contribution in [0.2, 0.25) is 0 Å². The maximum atomic E-state index is 13.0. The highest BCUT2D eigenvalue weighted by atomic mass is 16.7. The van der Waals surface area contributed by atoms with Crippen molar-refractivity contribution >= 4 is 16.9 Å². The second-order valence-corrected chi connectivity index (χ2v) is 6.92. The molecular weight excluding hydrogens is 366 g/mol. The van der Waals surface area contributed by atoms with Gasteiger partial charge in [0.1, 0.15) is 5.82 Å². The average molecular weight is 385 g/mol. The predicted octanol–water partition coefficient (Wildman–Crippen LogP) is 4.01. The van der Waals surface area contributed by atoms with Crippen LogP contribution in [0.4, 0.5) is 0 Å². The number of carbonyl (C=O) groups excluding carboxylic acids is 1. The first kappa shape index (κ1) is 17.3. The largest absolute Gasteiger partial charge is 0.454 e. The number of carbonyl (C=O) groups is 1. The Kier molecular flexibility index (Phi) is 4.37. The van der Waals surface area contributed by atoms with Crippen molar-refractivity contribution in [1.29, 1.82) is 0 Å². The van der Waals surface area contributed by atoms with Gasteiger partial charge in [-0.1, -0.05) is 42.5 Å². The topological polar surface area (TPSA) is 76.2 Å². The highest BCUT2D eigenvalue weighted by Gasteiger charge is 2.22. The molecule has 6 heteroatoms. The van der Waals surface area contributed by atoms with Crippen molar-refractivity contribution in [2.45, 2.75) is 12.5 Å². The maximum Gasteiger partial charge on any atom is 0.252 e. The molecule has 2 N–H and O–H groups in total. The number of para-hydroxylation sites is 2. The van der Waals surface area contributed by atoms with Gasteiger partial charge in [0.05, 0.1) is 17.1 Å². The minimum absolute atomic E-state index is 0.177. The number of aromatic amines is 1. The lowest BCUT2D eigenvalue weighted by molar-refractivity contribution is 0.0934. The fourth-order valence-electron chi connectivity index (χ4n) is 3.48. The lowest BCUT2D eigenvalue weighted by atomic mass is 10.0. The molecule has 0 aliphatic carbocycles. The standard InChI is InChI=1S/C23H19N3O3/c27-23(16-10-11-20-21(13-16)29-14-28-20)26-19(12-15-6-2-1-3-7-15)22-24-17-8-4-5-9-18(17)25-22/h1-11,13,19H,12,14H2,(H,24,25)(H,26,27)/t19-/m0/s1. The molecule has 5 rings (SSSR count). The van der Waals surface area contributed by atoms with Crippen LogP contribution in [0, 0.1) is 0 Å². The van der Waals surface area contributed by atoms with Gasteiger partial charge in [-0.2, -0.15) is 0 Å². The van der Waals surface area contributed by atoms with Gasteiger partial charge in [-0.15, -0.1) is 0 Å². The van der Waals surface area contributed by atoms with Crippen LogP contribution in [-0.4, -0.2) is 22.7 Å². The van der Waals surface area contributed by atoms with Gasteiger partial charge >= 0.3 is 0 Å². The van der Waals surface area contributed by atoms with E-state index in [1.807, 2.05) is 54.6 Å². The van der Waals surface area contributed by atoms with E-state index >= 15 is 0 Å². The van der Waals surface area contributed by atoms with E-state index in [-0.39, 0.29) is 18.7 Å². The van der Waals surface area contributed by atoms with E-state index in [0.29, 0.717) is 23.5 Å². The highest BCUT2D eigenvalue weighted by molar-refractivity contribution is 5.95. The second kappa shape index (κ2) is 7.31. The van der Waals surface area contributed by atoms with E-state index in [1.54, 1.807) is 18.2 Å².